The zero-order valence-corrected chi connectivity index (χ0v) is 21.4. The fourth-order valence-corrected chi connectivity index (χ4v) is 4.41. The molecule has 0 aliphatic heterocycles. The summed E-state index contributed by atoms with van der Waals surface area (Å²) < 4.78 is 9.18. The van der Waals surface area contributed by atoms with Gasteiger partial charge in [-0.3, -0.25) is 14.8 Å². The number of rotatable bonds is 10. The van der Waals surface area contributed by atoms with E-state index in [2.05, 4.69) is 9.71 Å². The number of aliphatic carboxylic acids is 1. The van der Waals surface area contributed by atoms with Crippen LogP contribution in [0.4, 0.5) is 11.6 Å². The molecule has 0 aliphatic rings. The number of nitrogens with zero attached hydrogens (tertiary/aromatic N) is 3. The molecule has 192 valence electrons. The van der Waals surface area contributed by atoms with Gasteiger partial charge in [0, 0.05) is 34.7 Å². The molecule has 4 aromatic rings. The van der Waals surface area contributed by atoms with E-state index in [1.807, 2.05) is 50.2 Å². The van der Waals surface area contributed by atoms with E-state index in [-0.39, 0.29) is 11.6 Å². The first-order chi connectivity index (χ1) is 18.3. The third kappa shape index (κ3) is 6.95. The molecular weight excluding hydrogens is 504 g/mol. The zero-order valence-electron chi connectivity index (χ0n) is 20.6. The van der Waals surface area contributed by atoms with Crippen molar-refractivity contribution in [1.29, 1.82) is 0 Å². The number of non-ortho nitro benzene ring substituents is 1. The molecule has 0 radical (unpaired) electrons. The highest BCUT2D eigenvalue weighted by molar-refractivity contribution is 8.00. The first-order valence-corrected chi connectivity index (χ1v) is 12.4. The SMILES string of the molecule is Cc1cccc(C)c1-c1cc(Oc2cccc(C/C=C/C(=O)O)c2)nc(NSc2cccc([N+](=O)[O-])c2)n1. The Morgan fingerprint density at radius 3 is 2.53 bits per heavy atom. The quantitative estimate of drug-likeness (QED) is 0.0992. The Hall–Kier alpha value is -4.70. The molecule has 0 saturated carbocycles. The number of nitrogens with one attached hydrogen (secondary N) is 1. The molecule has 0 aliphatic carbocycles. The summed E-state index contributed by atoms with van der Waals surface area (Å²) in [7, 11) is 0. The molecule has 38 heavy (non-hydrogen) atoms. The minimum absolute atomic E-state index is 0.0101. The summed E-state index contributed by atoms with van der Waals surface area (Å²) in [5.41, 5.74) is 4.56. The number of carbonyl (C=O) groups is 1. The van der Waals surface area contributed by atoms with Gasteiger partial charge < -0.3 is 9.84 Å². The molecule has 0 saturated heterocycles. The Kier molecular flexibility index (Phi) is 8.34. The van der Waals surface area contributed by atoms with E-state index in [1.165, 1.54) is 12.1 Å². The lowest BCUT2D eigenvalue weighted by Crippen LogP contribution is -2.01. The van der Waals surface area contributed by atoms with E-state index in [9.17, 15) is 14.9 Å². The van der Waals surface area contributed by atoms with Crippen LogP contribution in [0.25, 0.3) is 11.3 Å². The van der Waals surface area contributed by atoms with Crippen LogP contribution in [-0.4, -0.2) is 26.0 Å². The van der Waals surface area contributed by atoms with Crippen molar-refractivity contribution in [3.05, 3.63) is 112 Å². The molecule has 2 N–H and O–H groups in total. The standard InChI is InChI=1S/C28H24N4O5S/c1-18-7-3-8-19(2)27(18)24-17-25(37-22-12-4-9-20(15-22)10-5-14-26(33)34)30-28(29-24)31-38-23-13-6-11-21(16-23)32(35)36/h3-9,11-17H,10H2,1-2H3,(H,33,34)(H,29,30,31)/b14-5+. The van der Waals surface area contributed by atoms with Crippen molar-refractivity contribution in [2.45, 2.75) is 25.2 Å². The summed E-state index contributed by atoms with van der Waals surface area (Å²) in [5.74, 6) is 0.116. The molecule has 0 bridgehead atoms. The number of aryl methyl sites for hydroxylation is 2. The minimum Gasteiger partial charge on any atom is -0.478 e. The van der Waals surface area contributed by atoms with Crippen molar-refractivity contribution in [2.75, 3.05) is 4.72 Å². The van der Waals surface area contributed by atoms with Crippen LogP contribution in [0.5, 0.6) is 11.6 Å². The number of nitro benzene ring substituents is 1. The van der Waals surface area contributed by atoms with Gasteiger partial charge >= 0.3 is 5.97 Å². The second-order valence-electron chi connectivity index (χ2n) is 8.33. The van der Waals surface area contributed by atoms with Crippen molar-refractivity contribution >= 4 is 29.6 Å². The molecule has 0 unspecified atom stereocenters. The van der Waals surface area contributed by atoms with Crippen molar-refractivity contribution < 1.29 is 19.6 Å². The molecule has 0 amide bonds. The maximum absolute atomic E-state index is 11.1. The van der Waals surface area contributed by atoms with Crippen molar-refractivity contribution in [3.8, 4) is 22.9 Å². The fraction of sp³-hybridized carbons (Fsp3) is 0.107. The van der Waals surface area contributed by atoms with E-state index in [0.717, 1.165) is 40.3 Å². The summed E-state index contributed by atoms with van der Waals surface area (Å²) in [5, 5.41) is 19.9. The fourth-order valence-electron chi connectivity index (χ4n) is 3.79. The molecule has 9 nitrogen and oxygen atoms in total. The number of hydrogen-bond donors (Lipinski definition) is 2. The van der Waals surface area contributed by atoms with E-state index in [4.69, 9.17) is 14.8 Å². The van der Waals surface area contributed by atoms with Crippen LogP contribution in [0, 0.1) is 24.0 Å². The molecule has 1 heterocycles. The third-order valence-electron chi connectivity index (χ3n) is 5.46. The van der Waals surface area contributed by atoms with Crippen molar-refractivity contribution in [3.63, 3.8) is 0 Å². The van der Waals surface area contributed by atoms with E-state index in [1.54, 1.807) is 30.3 Å². The number of carboxylic acid groups (broad SMARTS) is 1. The molecular formula is C28H24N4O5S. The van der Waals surface area contributed by atoms with Crippen LogP contribution < -0.4 is 9.46 Å². The summed E-state index contributed by atoms with van der Waals surface area (Å²) in [4.78, 5) is 31.3. The number of anilines is 1. The largest absolute Gasteiger partial charge is 0.478 e. The Balaban J connectivity index is 1.65. The lowest BCUT2D eigenvalue weighted by atomic mass is 10.00. The average molecular weight is 529 g/mol. The van der Waals surface area contributed by atoms with Crippen LogP contribution >= 0.6 is 11.9 Å². The maximum Gasteiger partial charge on any atom is 0.327 e. The second kappa shape index (κ2) is 12.0. The van der Waals surface area contributed by atoms with Gasteiger partial charge in [-0.05, 0) is 67.1 Å². The molecule has 0 spiro atoms. The highest BCUT2D eigenvalue weighted by Crippen LogP contribution is 2.32. The average Bonchev–Trinajstić information content (AvgIpc) is 2.87. The van der Waals surface area contributed by atoms with Gasteiger partial charge in [0.15, 0.2) is 0 Å². The summed E-state index contributed by atoms with van der Waals surface area (Å²) in [6, 6.07) is 21.3. The Morgan fingerprint density at radius 1 is 1.05 bits per heavy atom. The lowest BCUT2D eigenvalue weighted by Gasteiger charge is -2.13. The molecule has 0 fully saturated rings. The number of hydrogen-bond acceptors (Lipinski definition) is 8. The topological polar surface area (TPSA) is 127 Å². The number of benzene rings is 3. The zero-order chi connectivity index (χ0) is 27.1. The maximum atomic E-state index is 11.1. The van der Waals surface area contributed by atoms with Gasteiger partial charge in [0.05, 0.1) is 10.6 Å². The molecule has 3 aromatic carbocycles. The van der Waals surface area contributed by atoms with Crippen LogP contribution in [0.15, 0.2) is 89.8 Å². The molecule has 0 atom stereocenters. The van der Waals surface area contributed by atoms with Crippen molar-refractivity contribution in [1.82, 2.24) is 9.97 Å². The smallest absolute Gasteiger partial charge is 0.327 e. The van der Waals surface area contributed by atoms with E-state index < -0.39 is 10.9 Å². The normalized spacial score (nSPS) is 10.9. The van der Waals surface area contributed by atoms with Gasteiger partial charge in [-0.1, -0.05) is 42.5 Å². The highest BCUT2D eigenvalue weighted by Gasteiger charge is 2.14. The summed E-state index contributed by atoms with van der Waals surface area (Å²) in [6.07, 6.45) is 3.11. The van der Waals surface area contributed by atoms with Crippen molar-refractivity contribution in [2.24, 2.45) is 0 Å². The summed E-state index contributed by atoms with van der Waals surface area (Å²) >= 11 is 1.16. The van der Waals surface area contributed by atoms with Gasteiger partial charge in [-0.15, -0.1) is 0 Å². The molecule has 4 rings (SSSR count). The number of allylic oxidation sites excluding steroid dienone is 1. The lowest BCUT2D eigenvalue weighted by molar-refractivity contribution is -0.385. The van der Waals surface area contributed by atoms with Gasteiger partial charge in [-0.2, -0.15) is 4.98 Å². The van der Waals surface area contributed by atoms with Gasteiger partial charge in [0.1, 0.15) is 5.75 Å². The monoisotopic (exact) mass is 528 g/mol. The predicted octanol–water partition coefficient (Wildman–Crippen LogP) is 6.76. The molecule has 1 aromatic heterocycles. The van der Waals surface area contributed by atoms with E-state index in [0.29, 0.717) is 28.6 Å². The Morgan fingerprint density at radius 2 is 1.79 bits per heavy atom. The first-order valence-electron chi connectivity index (χ1n) is 11.6. The van der Waals surface area contributed by atoms with Crippen LogP contribution in [0.2, 0.25) is 0 Å². The van der Waals surface area contributed by atoms with Crippen LogP contribution in [0.1, 0.15) is 16.7 Å². The second-order valence-corrected chi connectivity index (χ2v) is 9.21. The predicted molar refractivity (Wildman–Crippen MR) is 147 cm³/mol. The van der Waals surface area contributed by atoms with E-state index >= 15 is 0 Å². The Labute approximate surface area is 223 Å². The number of carboxylic acids is 1. The third-order valence-corrected chi connectivity index (χ3v) is 6.24. The molecule has 10 heteroatoms. The number of nitro groups is 1. The van der Waals surface area contributed by atoms with Gasteiger partial charge in [0.25, 0.3) is 5.69 Å². The highest BCUT2D eigenvalue weighted by atomic mass is 32.2. The first kappa shape index (κ1) is 26.4. The Bertz CT molecular complexity index is 1500. The summed E-state index contributed by atoms with van der Waals surface area (Å²) in [6.45, 7) is 4.01. The number of ether oxygens (including phenoxy) is 1. The van der Waals surface area contributed by atoms with Crippen LogP contribution in [0.3, 0.4) is 0 Å². The van der Waals surface area contributed by atoms with Gasteiger partial charge in [-0.25, -0.2) is 9.78 Å². The number of aromatic nitrogens is 2. The van der Waals surface area contributed by atoms with Crippen LogP contribution in [-0.2, 0) is 11.2 Å². The minimum atomic E-state index is -1.000. The van der Waals surface area contributed by atoms with Gasteiger partial charge in [0.2, 0.25) is 11.8 Å².